The second-order valence-electron chi connectivity index (χ2n) is 7.63. The lowest BCUT2D eigenvalue weighted by atomic mass is 9.92. The van der Waals surface area contributed by atoms with Crippen molar-refractivity contribution >= 4 is 39.9 Å². The number of H-pyrrole nitrogens is 1. The van der Waals surface area contributed by atoms with Crippen molar-refractivity contribution in [2.24, 2.45) is 0 Å². The molecular formula is C24H23N3OS2. The number of hydrogen-bond acceptors (Lipinski definition) is 4. The van der Waals surface area contributed by atoms with E-state index in [9.17, 15) is 4.79 Å². The Balaban J connectivity index is 1.66. The van der Waals surface area contributed by atoms with Gasteiger partial charge in [-0.3, -0.25) is 4.79 Å². The van der Waals surface area contributed by atoms with Crippen molar-refractivity contribution in [2.75, 3.05) is 12.8 Å². The number of para-hydroxylation sites is 1. The average Bonchev–Trinajstić information content (AvgIpc) is 3.31. The molecule has 1 aliphatic heterocycles. The van der Waals surface area contributed by atoms with Crippen LogP contribution in [0.5, 0.6) is 0 Å². The Bertz CT molecular complexity index is 1240. The summed E-state index contributed by atoms with van der Waals surface area (Å²) >= 11 is 3.22. The predicted molar refractivity (Wildman–Crippen MR) is 125 cm³/mol. The third-order valence-corrected chi connectivity index (χ3v) is 7.63. The van der Waals surface area contributed by atoms with Crippen molar-refractivity contribution in [3.8, 4) is 0 Å². The fourth-order valence-electron chi connectivity index (χ4n) is 4.45. The van der Waals surface area contributed by atoms with Crippen molar-refractivity contribution < 1.29 is 4.79 Å². The number of aromatic nitrogens is 2. The van der Waals surface area contributed by atoms with E-state index in [1.165, 1.54) is 27.2 Å². The maximum Gasteiger partial charge on any atom is 0.266 e. The monoisotopic (exact) mass is 433 g/mol. The van der Waals surface area contributed by atoms with Crippen molar-refractivity contribution in [1.82, 2.24) is 14.9 Å². The second kappa shape index (κ2) is 7.60. The maximum absolute atomic E-state index is 13.6. The Hall–Kier alpha value is -2.57. The molecule has 2 aromatic heterocycles. The molecule has 3 heterocycles. The molecule has 0 fully saturated rings. The first kappa shape index (κ1) is 19.4. The molecule has 0 radical (unpaired) electrons. The van der Waals surface area contributed by atoms with E-state index in [1.807, 2.05) is 18.7 Å². The lowest BCUT2D eigenvalue weighted by Gasteiger charge is -2.36. The van der Waals surface area contributed by atoms with Gasteiger partial charge in [0.25, 0.3) is 5.91 Å². The molecule has 4 nitrogen and oxygen atoms in total. The zero-order chi connectivity index (χ0) is 20.8. The summed E-state index contributed by atoms with van der Waals surface area (Å²) in [4.78, 5) is 25.8. The molecule has 0 saturated heterocycles. The van der Waals surface area contributed by atoms with Gasteiger partial charge in [-0.1, -0.05) is 30.3 Å². The quantitative estimate of drug-likeness (QED) is 0.419. The molecule has 1 atom stereocenters. The summed E-state index contributed by atoms with van der Waals surface area (Å²) in [6, 6.07) is 16.9. The minimum absolute atomic E-state index is 0.0707. The number of nitrogens with zero attached hydrogens (tertiary/aromatic N) is 2. The van der Waals surface area contributed by atoms with Gasteiger partial charge in [-0.25, -0.2) is 4.98 Å². The number of benzene rings is 2. The van der Waals surface area contributed by atoms with Gasteiger partial charge in [0.2, 0.25) is 0 Å². The number of carbonyl (C=O) groups is 1. The zero-order valence-electron chi connectivity index (χ0n) is 17.2. The number of thiazole rings is 1. The highest BCUT2D eigenvalue weighted by Crippen LogP contribution is 2.40. The van der Waals surface area contributed by atoms with E-state index in [-0.39, 0.29) is 11.9 Å². The number of nitrogens with one attached hydrogen (secondary N) is 1. The van der Waals surface area contributed by atoms with E-state index in [0.717, 1.165) is 38.8 Å². The lowest BCUT2D eigenvalue weighted by Crippen LogP contribution is -2.40. The number of thioether (sulfide) groups is 1. The van der Waals surface area contributed by atoms with Crippen LogP contribution in [0.4, 0.5) is 0 Å². The molecule has 1 amide bonds. The molecule has 5 rings (SSSR count). The highest BCUT2D eigenvalue weighted by atomic mass is 32.2. The third-order valence-electron chi connectivity index (χ3n) is 5.82. The molecule has 0 spiro atoms. The van der Waals surface area contributed by atoms with Crippen LogP contribution in [0.25, 0.3) is 10.9 Å². The van der Waals surface area contributed by atoms with Gasteiger partial charge in [0.15, 0.2) is 0 Å². The van der Waals surface area contributed by atoms with Gasteiger partial charge in [-0.2, -0.15) is 0 Å². The van der Waals surface area contributed by atoms with Crippen molar-refractivity contribution in [2.45, 2.75) is 31.2 Å². The topological polar surface area (TPSA) is 49.0 Å². The lowest BCUT2D eigenvalue weighted by molar-refractivity contribution is 0.0696. The van der Waals surface area contributed by atoms with Crippen LogP contribution in [0, 0.1) is 13.8 Å². The highest BCUT2D eigenvalue weighted by molar-refractivity contribution is 7.98. The number of fused-ring (bicyclic) bond motifs is 3. The summed E-state index contributed by atoms with van der Waals surface area (Å²) in [5, 5.41) is 2.19. The minimum Gasteiger partial charge on any atom is -0.356 e. The van der Waals surface area contributed by atoms with Gasteiger partial charge >= 0.3 is 0 Å². The molecule has 30 heavy (non-hydrogen) atoms. The summed E-state index contributed by atoms with van der Waals surface area (Å²) in [5.41, 5.74) is 5.54. The van der Waals surface area contributed by atoms with Crippen LogP contribution in [-0.2, 0) is 6.42 Å². The molecule has 152 valence electrons. The fourth-order valence-corrected chi connectivity index (χ4v) is 5.74. The van der Waals surface area contributed by atoms with Gasteiger partial charge in [-0.05, 0) is 55.9 Å². The summed E-state index contributed by atoms with van der Waals surface area (Å²) in [7, 11) is 0. The molecule has 0 saturated carbocycles. The van der Waals surface area contributed by atoms with Crippen LogP contribution < -0.4 is 0 Å². The first-order valence-corrected chi connectivity index (χ1v) is 12.1. The number of carbonyl (C=O) groups excluding carboxylic acids is 1. The summed E-state index contributed by atoms with van der Waals surface area (Å²) in [6.45, 7) is 4.58. The zero-order valence-corrected chi connectivity index (χ0v) is 18.9. The number of aryl methyl sites for hydroxylation is 2. The van der Waals surface area contributed by atoms with E-state index >= 15 is 0 Å². The smallest absolute Gasteiger partial charge is 0.266 e. The molecule has 0 unspecified atom stereocenters. The first-order chi connectivity index (χ1) is 14.6. The normalized spacial score (nSPS) is 16.1. The molecule has 0 aliphatic carbocycles. The molecule has 4 aromatic rings. The maximum atomic E-state index is 13.6. The standard InChI is InChI=1S/C24H23N3OS2/c1-14-23(30-15(2)25-14)24(28)27-13-12-19-18-6-4-5-7-20(18)26-21(19)22(27)16-8-10-17(29-3)11-9-16/h4-11,22,26H,12-13H2,1-3H3/t22-/m1/s1. The van der Waals surface area contributed by atoms with E-state index in [1.54, 1.807) is 11.8 Å². The Morgan fingerprint density at radius 3 is 2.63 bits per heavy atom. The van der Waals surface area contributed by atoms with Crippen molar-refractivity contribution in [3.05, 3.63) is 80.9 Å². The molecule has 1 N–H and O–H groups in total. The Morgan fingerprint density at radius 1 is 1.17 bits per heavy atom. The summed E-state index contributed by atoms with van der Waals surface area (Å²) < 4.78 is 0. The first-order valence-electron chi connectivity index (χ1n) is 10.0. The molecule has 1 aliphatic rings. The fraction of sp³-hybridized carbons (Fsp3) is 0.250. The Labute approximate surface area is 184 Å². The SMILES string of the molecule is CSc1ccc([C@@H]2c3[nH]c4ccccc4c3CCN2C(=O)c2sc(C)nc2C)cc1. The van der Waals surface area contributed by atoms with Gasteiger partial charge in [0.05, 0.1) is 16.7 Å². The third kappa shape index (κ3) is 3.15. The van der Waals surface area contributed by atoms with Gasteiger partial charge in [-0.15, -0.1) is 23.1 Å². The van der Waals surface area contributed by atoms with Gasteiger partial charge in [0, 0.05) is 28.0 Å². The highest BCUT2D eigenvalue weighted by Gasteiger charge is 2.36. The number of amides is 1. The Kier molecular flexibility index (Phi) is 4.91. The number of rotatable bonds is 3. The minimum atomic E-state index is -0.133. The van der Waals surface area contributed by atoms with E-state index < -0.39 is 0 Å². The van der Waals surface area contributed by atoms with Crippen LogP contribution in [0.2, 0.25) is 0 Å². The summed E-state index contributed by atoms with van der Waals surface area (Å²) in [6.07, 6.45) is 2.93. The van der Waals surface area contributed by atoms with E-state index in [0.29, 0.717) is 6.54 Å². The Morgan fingerprint density at radius 2 is 1.93 bits per heavy atom. The van der Waals surface area contributed by atoms with Crippen LogP contribution in [-0.4, -0.2) is 33.6 Å². The average molecular weight is 434 g/mol. The van der Waals surface area contributed by atoms with E-state index in [2.05, 4.69) is 64.8 Å². The van der Waals surface area contributed by atoms with Gasteiger partial charge < -0.3 is 9.88 Å². The molecule has 6 heteroatoms. The molecule has 0 bridgehead atoms. The molecule has 2 aromatic carbocycles. The van der Waals surface area contributed by atoms with Crippen molar-refractivity contribution in [1.29, 1.82) is 0 Å². The largest absolute Gasteiger partial charge is 0.356 e. The van der Waals surface area contributed by atoms with Crippen LogP contribution in [0.3, 0.4) is 0 Å². The van der Waals surface area contributed by atoms with Crippen LogP contribution in [0.1, 0.15) is 43.2 Å². The van der Waals surface area contributed by atoms with Crippen LogP contribution in [0.15, 0.2) is 53.4 Å². The summed E-state index contributed by atoms with van der Waals surface area (Å²) in [5.74, 6) is 0.0707. The number of hydrogen-bond donors (Lipinski definition) is 1. The second-order valence-corrected chi connectivity index (χ2v) is 9.72. The predicted octanol–water partition coefficient (Wildman–Crippen LogP) is 5.75. The molecular weight excluding hydrogens is 410 g/mol. The van der Waals surface area contributed by atoms with Crippen molar-refractivity contribution in [3.63, 3.8) is 0 Å². The van der Waals surface area contributed by atoms with E-state index in [4.69, 9.17) is 0 Å². The number of aromatic amines is 1. The van der Waals surface area contributed by atoms with Crippen LogP contribution >= 0.6 is 23.1 Å². The van der Waals surface area contributed by atoms with Gasteiger partial charge in [0.1, 0.15) is 4.88 Å².